The highest BCUT2D eigenvalue weighted by Crippen LogP contribution is 2.42. The van der Waals surface area contributed by atoms with Gasteiger partial charge in [-0.2, -0.15) is 0 Å². The molecule has 0 aliphatic carbocycles. The van der Waals surface area contributed by atoms with Crippen molar-refractivity contribution in [2.45, 2.75) is 57.3 Å². The second-order valence-corrected chi connectivity index (χ2v) is 6.26. The Morgan fingerprint density at radius 1 is 1.37 bits per heavy atom. The van der Waals surface area contributed by atoms with Gasteiger partial charge in [-0.15, -0.1) is 0 Å². The largest absolute Gasteiger partial charge is 0.479 e. The van der Waals surface area contributed by atoms with E-state index in [4.69, 9.17) is 14.6 Å². The van der Waals surface area contributed by atoms with Gasteiger partial charge in [0, 0.05) is 19.6 Å². The van der Waals surface area contributed by atoms with Crippen LogP contribution in [0.1, 0.15) is 40.0 Å². The first-order valence-corrected chi connectivity index (χ1v) is 6.59. The zero-order valence-corrected chi connectivity index (χ0v) is 11.6. The van der Waals surface area contributed by atoms with Gasteiger partial charge in [-0.05, 0) is 33.6 Å². The summed E-state index contributed by atoms with van der Waals surface area (Å²) < 4.78 is 10.6. The molecule has 0 aromatic rings. The second-order valence-electron chi connectivity index (χ2n) is 6.26. The smallest absolute Gasteiger partial charge is 0.410 e. The van der Waals surface area contributed by atoms with Crippen molar-refractivity contribution in [1.82, 2.24) is 4.90 Å². The number of rotatable bonds is 1. The molecule has 2 rings (SSSR count). The van der Waals surface area contributed by atoms with Crippen LogP contribution in [0.4, 0.5) is 4.79 Å². The predicted octanol–water partition coefficient (Wildman–Crippen LogP) is 1.63. The zero-order valence-electron chi connectivity index (χ0n) is 11.6. The van der Waals surface area contributed by atoms with Crippen molar-refractivity contribution in [2.75, 3.05) is 13.2 Å². The maximum Gasteiger partial charge on any atom is 0.410 e. The van der Waals surface area contributed by atoms with Crippen molar-refractivity contribution < 1.29 is 24.2 Å². The number of amides is 1. The molecule has 0 radical (unpaired) electrons. The van der Waals surface area contributed by atoms with Gasteiger partial charge in [0.15, 0.2) is 6.10 Å². The molecular weight excluding hydrogens is 250 g/mol. The number of carbonyl (C=O) groups is 2. The van der Waals surface area contributed by atoms with Crippen LogP contribution in [0.3, 0.4) is 0 Å². The van der Waals surface area contributed by atoms with Gasteiger partial charge in [-0.3, -0.25) is 0 Å². The molecule has 108 valence electrons. The molecule has 6 nitrogen and oxygen atoms in total. The summed E-state index contributed by atoms with van der Waals surface area (Å²) in [5.74, 6) is -0.963. The molecule has 2 saturated heterocycles. The Morgan fingerprint density at radius 2 is 2.05 bits per heavy atom. The maximum absolute atomic E-state index is 12.1. The van der Waals surface area contributed by atoms with E-state index >= 15 is 0 Å². The third-order valence-electron chi connectivity index (χ3n) is 3.71. The molecule has 0 saturated carbocycles. The number of carboxylic acids is 1. The number of hydrogen-bond acceptors (Lipinski definition) is 4. The monoisotopic (exact) mass is 271 g/mol. The Morgan fingerprint density at radius 3 is 2.53 bits per heavy atom. The van der Waals surface area contributed by atoms with Crippen LogP contribution in [0.2, 0.25) is 0 Å². The summed E-state index contributed by atoms with van der Waals surface area (Å²) >= 11 is 0. The van der Waals surface area contributed by atoms with Crippen LogP contribution in [0.25, 0.3) is 0 Å². The first-order chi connectivity index (χ1) is 8.73. The normalized spacial score (nSPS) is 30.9. The summed E-state index contributed by atoms with van der Waals surface area (Å²) in [7, 11) is 0. The average Bonchev–Trinajstić information content (AvgIpc) is 2.25. The number of nitrogens with zero attached hydrogens (tertiary/aromatic N) is 1. The lowest BCUT2D eigenvalue weighted by atomic mass is 9.76. The molecule has 19 heavy (non-hydrogen) atoms. The van der Waals surface area contributed by atoms with Crippen LogP contribution in [-0.2, 0) is 14.3 Å². The van der Waals surface area contributed by atoms with Crippen LogP contribution in [0.15, 0.2) is 0 Å². The van der Waals surface area contributed by atoms with Gasteiger partial charge >= 0.3 is 12.1 Å². The van der Waals surface area contributed by atoms with Gasteiger partial charge in [0.05, 0.1) is 5.54 Å². The highest BCUT2D eigenvalue weighted by Gasteiger charge is 2.52. The molecule has 0 bridgehead atoms. The van der Waals surface area contributed by atoms with Crippen LogP contribution in [0.5, 0.6) is 0 Å². The SMILES string of the molecule is CC(C)(C)OC(=O)N1CCC12CCOC(C(=O)O)C2. The fourth-order valence-electron chi connectivity index (χ4n) is 2.67. The fraction of sp³-hybridized carbons (Fsp3) is 0.846. The van der Waals surface area contributed by atoms with Crippen molar-refractivity contribution in [3.05, 3.63) is 0 Å². The maximum atomic E-state index is 12.1. The molecule has 1 amide bonds. The van der Waals surface area contributed by atoms with E-state index in [2.05, 4.69) is 0 Å². The number of carboxylic acid groups (broad SMARTS) is 1. The van der Waals surface area contributed by atoms with E-state index in [1.165, 1.54) is 0 Å². The van der Waals surface area contributed by atoms with Crippen LogP contribution in [0, 0.1) is 0 Å². The molecule has 1 spiro atoms. The third-order valence-corrected chi connectivity index (χ3v) is 3.71. The summed E-state index contributed by atoms with van der Waals surface area (Å²) in [6.45, 7) is 6.46. The number of carbonyl (C=O) groups excluding carboxylic acids is 1. The lowest BCUT2D eigenvalue weighted by molar-refractivity contribution is -0.167. The molecule has 2 atom stereocenters. The van der Waals surface area contributed by atoms with E-state index in [0.717, 1.165) is 6.42 Å². The Labute approximate surface area is 112 Å². The Hall–Kier alpha value is -1.30. The number of aliphatic carboxylic acids is 1. The molecule has 2 aliphatic rings. The lowest BCUT2D eigenvalue weighted by Crippen LogP contribution is -2.66. The Balaban J connectivity index is 2.04. The second kappa shape index (κ2) is 4.67. The van der Waals surface area contributed by atoms with Crippen LogP contribution < -0.4 is 0 Å². The number of ether oxygens (including phenoxy) is 2. The first kappa shape index (κ1) is 14.1. The van der Waals surface area contributed by atoms with E-state index in [9.17, 15) is 9.59 Å². The molecule has 2 unspecified atom stereocenters. The van der Waals surface area contributed by atoms with Crippen LogP contribution in [-0.4, -0.2) is 52.5 Å². The summed E-state index contributed by atoms with van der Waals surface area (Å²) in [5, 5.41) is 9.04. The van der Waals surface area contributed by atoms with Gasteiger partial charge in [0.25, 0.3) is 0 Å². The fourth-order valence-corrected chi connectivity index (χ4v) is 2.67. The minimum absolute atomic E-state index is 0.349. The van der Waals surface area contributed by atoms with Crippen molar-refractivity contribution >= 4 is 12.1 Å². The molecule has 0 aromatic heterocycles. The molecule has 6 heteroatoms. The third kappa shape index (κ3) is 2.83. The van der Waals surface area contributed by atoms with Gasteiger partial charge in [0.1, 0.15) is 5.60 Å². The van der Waals surface area contributed by atoms with Crippen molar-refractivity contribution in [3.63, 3.8) is 0 Å². The van der Waals surface area contributed by atoms with Crippen molar-refractivity contribution in [2.24, 2.45) is 0 Å². The van der Waals surface area contributed by atoms with E-state index in [1.54, 1.807) is 4.90 Å². The molecule has 2 fully saturated rings. The van der Waals surface area contributed by atoms with E-state index in [1.807, 2.05) is 20.8 Å². The first-order valence-electron chi connectivity index (χ1n) is 6.59. The van der Waals surface area contributed by atoms with E-state index in [-0.39, 0.29) is 11.6 Å². The molecule has 0 aromatic carbocycles. The summed E-state index contributed by atoms with van der Waals surface area (Å²) in [5.41, 5.74) is -0.922. The highest BCUT2D eigenvalue weighted by atomic mass is 16.6. The van der Waals surface area contributed by atoms with Gasteiger partial charge < -0.3 is 19.5 Å². The molecular formula is C13H21NO5. The van der Waals surface area contributed by atoms with Gasteiger partial charge in [-0.1, -0.05) is 0 Å². The average molecular weight is 271 g/mol. The van der Waals surface area contributed by atoms with Gasteiger partial charge in [-0.25, -0.2) is 9.59 Å². The number of hydrogen-bond donors (Lipinski definition) is 1. The van der Waals surface area contributed by atoms with E-state index < -0.39 is 17.7 Å². The van der Waals surface area contributed by atoms with Crippen molar-refractivity contribution in [3.8, 4) is 0 Å². The molecule has 2 heterocycles. The zero-order chi connectivity index (χ0) is 14.3. The summed E-state index contributed by atoms with van der Waals surface area (Å²) in [6.07, 6.45) is 0.667. The molecule has 1 N–H and O–H groups in total. The topological polar surface area (TPSA) is 76.1 Å². The minimum atomic E-state index is -0.963. The van der Waals surface area contributed by atoms with E-state index in [0.29, 0.717) is 26.0 Å². The summed E-state index contributed by atoms with van der Waals surface area (Å²) in [4.78, 5) is 24.8. The molecule has 2 aliphatic heterocycles. The standard InChI is InChI=1S/C13H21NO5/c1-12(2,3)19-11(17)14-6-4-13(14)5-7-18-9(8-13)10(15)16/h9H,4-8H2,1-3H3,(H,15,16). The lowest BCUT2D eigenvalue weighted by Gasteiger charge is -2.55. The van der Waals surface area contributed by atoms with Crippen LogP contribution >= 0.6 is 0 Å². The summed E-state index contributed by atoms with van der Waals surface area (Å²) in [6, 6.07) is 0. The van der Waals surface area contributed by atoms with Crippen molar-refractivity contribution in [1.29, 1.82) is 0 Å². The Bertz CT molecular complexity index is 389. The highest BCUT2D eigenvalue weighted by molar-refractivity contribution is 5.74. The number of likely N-dealkylation sites (tertiary alicyclic amines) is 1. The van der Waals surface area contributed by atoms with Gasteiger partial charge in [0.2, 0.25) is 0 Å². The predicted molar refractivity (Wildman–Crippen MR) is 66.9 cm³/mol. The quantitative estimate of drug-likeness (QED) is 0.784. The Kier molecular flexibility index (Phi) is 3.47. The minimum Gasteiger partial charge on any atom is -0.479 e.